The molecule has 7 heteroatoms. The lowest BCUT2D eigenvalue weighted by Crippen LogP contribution is -2.27. The van der Waals surface area contributed by atoms with Gasteiger partial charge in [0.2, 0.25) is 10.0 Å². The summed E-state index contributed by atoms with van der Waals surface area (Å²) in [5.41, 5.74) is 0.771. The summed E-state index contributed by atoms with van der Waals surface area (Å²) in [7, 11) is -0.868. The number of nitrogens with one attached hydrogen (secondary N) is 1. The summed E-state index contributed by atoms with van der Waals surface area (Å²) in [6, 6.07) is 7.77. The smallest absolute Gasteiger partial charge is 0.244 e. The average molecular weight is 322 g/mol. The Hall–Kier alpha value is -2.12. The average Bonchev–Trinajstić information content (AvgIpc) is 2.54. The molecular weight excluding hydrogens is 304 g/mol. The van der Waals surface area contributed by atoms with E-state index in [-0.39, 0.29) is 10.6 Å². The molecule has 0 saturated carbocycles. The third kappa shape index (κ3) is 3.55. The highest BCUT2D eigenvalue weighted by molar-refractivity contribution is 7.89. The molecular formula is C15H18N2O4S. The standard InChI is InChI=1S/C15H18N2O4S/c1-11(12-5-4-8-16-10-12)17-22(18,19)15-9-13(20-2)6-7-14(15)21-3/h4-11,17H,1-3H3. The number of ether oxygens (including phenoxy) is 2. The van der Waals surface area contributed by atoms with Crippen LogP contribution in [-0.4, -0.2) is 27.6 Å². The van der Waals surface area contributed by atoms with E-state index in [4.69, 9.17) is 9.47 Å². The van der Waals surface area contributed by atoms with Crippen LogP contribution in [0.3, 0.4) is 0 Å². The third-order valence-corrected chi connectivity index (χ3v) is 4.74. The maximum Gasteiger partial charge on any atom is 0.244 e. The zero-order chi connectivity index (χ0) is 16.2. The van der Waals surface area contributed by atoms with Crippen LogP contribution in [0.4, 0.5) is 0 Å². The number of hydrogen-bond acceptors (Lipinski definition) is 5. The predicted octanol–water partition coefficient (Wildman–Crippen LogP) is 2.14. The van der Waals surface area contributed by atoms with E-state index < -0.39 is 16.1 Å². The number of benzene rings is 1. The van der Waals surface area contributed by atoms with E-state index in [9.17, 15) is 8.42 Å². The molecule has 1 unspecified atom stereocenters. The van der Waals surface area contributed by atoms with Crippen molar-refractivity contribution in [2.24, 2.45) is 0 Å². The summed E-state index contributed by atoms with van der Waals surface area (Å²) in [6.45, 7) is 1.75. The highest BCUT2D eigenvalue weighted by Gasteiger charge is 2.23. The number of hydrogen-bond donors (Lipinski definition) is 1. The molecule has 2 rings (SSSR count). The number of pyridine rings is 1. The molecule has 6 nitrogen and oxygen atoms in total. The third-order valence-electron chi connectivity index (χ3n) is 3.18. The Bertz CT molecular complexity index is 732. The highest BCUT2D eigenvalue weighted by Crippen LogP contribution is 2.29. The largest absolute Gasteiger partial charge is 0.497 e. The summed E-state index contributed by atoms with van der Waals surface area (Å²) >= 11 is 0. The Morgan fingerprint density at radius 1 is 1.18 bits per heavy atom. The number of sulfonamides is 1. The summed E-state index contributed by atoms with van der Waals surface area (Å²) < 4.78 is 38.0. The second-order valence-electron chi connectivity index (χ2n) is 4.65. The maximum absolute atomic E-state index is 12.6. The molecule has 0 aliphatic rings. The molecule has 1 heterocycles. The van der Waals surface area contributed by atoms with Crippen molar-refractivity contribution in [3.63, 3.8) is 0 Å². The van der Waals surface area contributed by atoms with Gasteiger partial charge in [0.05, 0.1) is 14.2 Å². The normalized spacial score (nSPS) is 12.7. The minimum absolute atomic E-state index is 0.0325. The molecule has 0 spiro atoms. The molecule has 1 aromatic heterocycles. The minimum atomic E-state index is -3.77. The van der Waals surface area contributed by atoms with Gasteiger partial charge in [0.25, 0.3) is 0 Å². The van der Waals surface area contributed by atoms with E-state index in [1.807, 2.05) is 6.07 Å². The van der Waals surface area contributed by atoms with Crippen LogP contribution >= 0.6 is 0 Å². The van der Waals surface area contributed by atoms with Crippen LogP contribution in [0.1, 0.15) is 18.5 Å². The first-order valence-electron chi connectivity index (χ1n) is 6.62. The number of aromatic nitrogens is 1. The minimum Gasteiger partial charge on any atom is -0.497 e. The van der Waals surface area contributed by atoms with Crippen molar-refractivity contribution in [1.29, 1.82) is 0 Å². The van der Waals surface area contributed by atoms with Gasteiger partial charge >= 0.3 is 0 Å². The van der Waals surface area contributed by atoms with Crippen molar-refractivity contribution in [3.05, 3.63) is 48.3 Å². The molecule has 1 N–H and O–H groups in total. The number of nitrogens with zero attached hydrogens (tertiary/aromatic N) is 1. The second kappa shape index (κ2) is 6.76. The fraction of sp³-hybridized carbons (Fsp3) is 0.267. The Morgan fingerprint density at radius 3 is 2.55 bits per heavy atom. The fourth-order valence-electron chi connectivity index (χ4n) is 1.99. The Labute approximate surface area is 130 Å². The van der Waals surface area contributed by atoms with Crippen LogP contribution in [0.15, 0.2) is 47.6 Å². The van der Waals surface area contributed by atoms with Crippen LogP contribution in [-0.2, 0) is 10.0 Å². The van der Waals surface area contributed by atoms with E-state index >= 15 is 0 Å². The molecule has 2 aromatic rings. The van der Waals surface area contributed by atoms with Gasteiger partial charge in [0, 0.05) is 24.5 Å². The monoisotopic (exact) mass is 322 g/mol. The van der Waals surface area contributed by atoms with Crippen LogP contribution in [0.2, 0.25) is 0 Å². The van der Waals surface area contributed by atoms with Crippen molar-refractivity contribution in [2.45, 2.75) is 17.9 Å². The first-order valence-corrected chi connectivity index (χ1v) is 8.10. The number of methoxy groups -OCH3 is 2. The van der Waals surface area contributed by atoms with Gasteiger partial charge in [-0.2, -0.15) is 0 Å². The molecule has 0 radical (unpaired) electrons. The zero-order valence-corrected chi connectivity index (χ0v) is 13.4. The van der Waals surface area contributed by atoms with E-state index in [0.717, 1.165) is 5.56 Å². The van der Waals surface area contributed by atoms with E-state index in [2.05, 4.69) is 9.71 Å². The van der Waals surface area contributed by atoms with Gasteiger partial charge in [0.1, 0.15) is 16.4 Å². The zero-order valence-electron chi connectivity index (χ0n) is 12.6. The van der Waals surface area contributed by atoms with Crippen molar-refractivity contribution in [3.8, 4) is 11.5 Å². The quantitative estimate of drug-likeness (QED) is 0.881. The van der Waals surface area contributed by atoms with E-state index in [1.54, 1.807) is 37.5 Å². The van der Waals surface area contributed by atoms with Crippen LogP contribution < -0.4 is 14.2 Å². The van der Waals surface area contributed by atoms with Crippen molar-refractivity contribution in [1.82, 2.24) is 9.71 Å². The molecule has 118 valence electrons. The number of rotatable bonds is 6. The summed E-state index contributed by atoms with van der Waals surface area (Å²) in [5.74, 6) is 0.696. The first-order chi connectivity index (χ1) is 10.5. The lowest BCUT2D eigenvalue weighted by molar-refractivity contribution is 0.391. The molecule has 0 saturated heterocycles. The maximum atomic E-state index is 12.6. The SMILES string of the molecule is COc1ccc(OC)c(S(=O)(=O)NC(C)c2cccnc2)c1. The first kappa shape index (κ1) is 16.3. The van der Waals surface area contributed by atoms with Crippen LogP contribution in [0, 0.1) is 0 Å². The van der Waals surface area contributed by atoms with Gasteiger partial charge in [-0.15, -0.1) is 0 Å². The van der Waals surface area contributed by atoms with Gasteiger partial charge in [-0.25, -0.2) is 13.1 Å². The molecule has 22 heavy (non-hydrogen) atoms. The molecule has 0 fully saturated rings. The lowest BCUT2D eigenvalue weighted by atomic mass is 10.2. The van der Waals surface area contributed by atoms with Gasteiger partial charge in [-0.3, -0.25) is 4.98 Å². The lowest BCUT2D eigenvalue weighted by Gasteiger charge is -2.16. The molecule has 1 aromatic carbocycles. The Balaban J connectivity index is 2.34. The van der Waals surface area contributed by atoms with E-state index in [1.165, 1.54) is 20.3 Å². The van der Waals surface area contributed by atoms with E-state index in [0.29, 0.717) is 5.75 Å². The summed E-state index contributed by atoms with van der Waals surface area (Å²) in [4.78, 5) is 4.02. The van der Waals surface area contributed by atoms with Gasteiger partial charge < -0.3 is 9.47 Å². The van der Waals surface area contributed by atoms with Crippen LogP contribution in [0.25, 0.3) is 0 Å². The predicted molar refractivity (Wildman–Crippen MR) is 82.5 cm³/mol. The summed E-state index contributed by atoms with van der Waals surface area (Å²) in [5, 5.41) is 0. The molecule has 1 atom stereocenters. The van der Waals surface area contributed by atoms with Gasteiger partial charge in [-0.05, 0) is 30.7 Å². The molecule has 0 aliphatic heterocycles. The molecule has 0 bridgehead atoms. The topological polar surface area (TPSA) is 77.5 Å². The molecule has 0 aliphatic carbocycles. The van der Waals surface area contributed by atoms with Gasteiger partial charge in [-0.1, -0.05) is 6.07 Å². The Morgan fingerprint density at radius 2 is 1.95 bits per heavy atom. The van der Waals surface area contributed by atoms with Gasteiger partial charge in [0.15, 0.2) is 0 Å². The highest BCUT2D eigenvalue weighted by atomic mass is 32.2. The van der Waals surface area contributed by atoms with Crippen LogP contribution in [0.5, 0.6) is 11.5 Å². The molecule has 0 amide bonds. The summed E-state index contributed by atoms with van der Waals surface area (Å²) in [6.07, 6.45) is 3.26. The second-order valence-corrected chi connectivity index (χ2v) is 6.33. The Kier molecular flexibility index (Phi) is 4.99. The van der Waals surface area contributed by atoms with Crippen molar-refractivity contribution in [2.75, 3.05) is 14.2 Å². The van der Waals surface area contributed by atoms with Crippen molar-refractivity contribution < 1.29 is 17.9 Å². The van der Waals surface area contributed by atoms with Crippen molar-refractivity contribution >= 4 is 10.0 Å². The fourth-order valence-corrected chi connectivity index (χ4v) is 3.41.